The molecule has 2 fully saturated rings. The van der Waals surface area contributed by atoms with Crippen LogP contribution in [0.15, 0.2) is 0 Å². The monoisotopic (exact) mass is 344 g/mol. The summed E-state index contributed by atoms with van der Waals surface area (Å²) in [5.41, 5.74) is 0. The molecule has 2 rings (SSSR count). The Balaban J connectivity index is 0.000000210. The molecule has 2 heterocycles. The Morgan fingerprint density at radius 3 is 0.933 bits per heavy atom. The Kier molecular flexibility index (Phi) is 16.3. The second kappa shape index (κ2) is 15.2. The maximum atomic E-state index is 4.81. The van der Waals surface area contributed by atoms with Crippen LogP contribution in [0, 0.1) is 0 Å². The Bertz CT molecular complexity index is 74.6. The van der Waals surface area contributed by atoms with Crippen LogP contribution in [0.1, 0.15) is 38.5 Å². The van der Waals surface area contributed by atoms with Crippen LogP contribution in [0.25, 0.3) is 10.6 Å². The Labute approximate surface area is 110 Å². The first kappa shape index (κ1) is 16.2. The first-order valence-corrected chi connectivity index (χ1v) is 9.51. The zero-order valence-electron chi connectivity index (χ0n) is 9.04. The van der Waals surface area contributed by atoms with Crippen LogP contribution in [0.5, 0.6) is 0 Å². The predicted molar refractivity (Wildman–Crippen MR) is 65.6 cm³/mol. The average Bonchev–Trinajstić information content (AvgIpc) is 2.35. The molecule has 0 saturated carbocycles. The molecular weight excluding hydrogens is 325 g/mol. The second-order valence-corrected chi connectivity index (χ2v) is 5.87. The van der Waals surface area contributed by atoms with Gasteiger partial charge in [-0.2, -0.15) is 0 Å². The van der Waals surface area contributed by atoms with Crippen LogP contribution >= 0.6 is 19.1 Å². The standard InChI is InChI=1S/2C5H10N.2ClH.Pd/c2*1-2-4-6-5-3-1;;;/h2*1-5H2;2*1H;/q2*-1;;;+2/p-2. The molecule has 15 heavy (non-hydrogen) atoms. The predicted octanol–water partition coefficient (Wildman–Crippen LogP) is 4.46. The molecule has 0 aromatic heterocycles. The molecule has 0 spiro atoms. The number of rotatable bonds is 0. The molecule has 2 nitrogen and oxygen atoms in total. The summed E-state index contributed by atoms with van der Waals surface area (Å²) in [6.07, 6.45) is 8.15. The van der Waals surface area contributed by atoms with Gasteiger partial charge >= 0.3 is 35.0 Å². The molecule has 2 aliphatic heterocycles. The first-order chi connectivity index (χ1) is 7.41. The molecule has 2 saturated heterocycles. The fraction of sp³-hybridized carbons (Fsp3) is 1.00. The summed E-state index contributed by atoms with van der Waals surface area (Å²) < 4.78 is 0. The van der Waals surface area contributed by atoms with Crippen molar-refractivity contribution in [1.29, 1.82) is 0 Å². The van der Waals surface area contributed by atoms with Crippen molar-refractivity contribution in [2.75, 3.05) is 26.2 Å². The molecule has 0 bridgehead atoms. The number of hydrogen-bond acceptors (Lipinski definition) is 0. The fourth-order valence-electron chi connectivity index (χ4n) is 1.47. The SMILES string of the molecule is C1CC[N-]CC1.C1CC[N-]CC1.[Cl][Pd][Cl]. The zero-order chi connectivity index (χ0) is 11.2. The molecule has 0 aliphatic carbocycles. The molecule has 0 radical (unpaired) electrons. The van der Waals surface area contributed by atoms with Gasteiger partial charge in [0.25, 0.3) is 0 Å². The van der Waals surface area contributed by atoms with E-state index in [1.54, 1.807) is 0 Å². The van der Waals surface area contributed by atoms with E-state index >= 15 is 0 Å². The van der Waals surface area contributed by atoms with Gasteiger partial charge in [0.1, 0.15) is 0 Å². The van der Waals surface area contributed by atoms with E-state index in [1.165, 1.54) is 38.5 Å². The molecule has 0 aromatic rings. The van der Waals surface area contributed by atoms with Crippen molar-refractivity contribution in [3.8, 4) is 0 Å². The maximum absolute atomic E-state index is 4.81. The van der Waals surface area contributed by atoms with Crippen molar-refractivity contribution in [2.45, 2.75) is 38.5 Å². The van der Waals surface area contributed by atoms with Gasteiger partial charge in [0.05, 0.1) is 0 Å². The van der Waals surface area contributed by atoms with E-state index in [2.05, 4.69) is 10.6 Å². The first-order valence-electron chi connectivity index (χ1n) is 5.50. The van der Waals surface area contributed by atoms with Gasteiger partial charge in [0.15, 0.2) is 0 Å². The average molecular weight is 346 g/mol. The van der Waals surface area contributed by atoms with Crippen LogP contribution < -0.4 is 0 Å². The van der Waals surface area contributed by atoms with Crippen LogP contribution in [-0.2, 0) is 15.9 Å². The number of piperidine rings is 2. The summed E-state index contributed by atoms with van der Waals surface area (Å²) in [5, 5.41) is 8.35. The molecule has 0 atom stereocenters. The molecule has 0 aromatic carbocycles. The third kappa shape index (κ3) is 15.2. The summed E-state index contributed by atoms with van der Waals surface area (Å²) in [6, 6.07) is 0. The van der Waals surface area contributed by atoms with Crippen LogP contribution in [-0.4, -0.2) is 26.2 Å². The van der Waals surface area contributed by atoms with E-state index in [4.69, 9.17) is 19.1 Å². The third-order valence-electron chi connectivity index (χ3n) is 2.26. The van der Waals surface area contributed by atoms with E-state index in [0.717, 1.165) is 26.2 Å². The van der Waals surface area contributed by atoms with E-state index in [1.807, 2.05) is 0 Å². The van der Waals surface area contributed by atoms with Crippen molar-refractivity contribution < 1.29 is 15.9 Å². The summed E-state index contributed by atoms with van der Waals surface area (Å²) in [6.45, 7) is 4.50. The van der Waals surface area contributed by atoms with Crippen molar-refractivity contribution in [3.63, 3.8) is 0 Å². The fourth-order valence-corrected chi connectivity index (χ4v) is 1.47. The Morgan fingerprint density at radius 1 is 0.600 bits per heavy atom. The second-order valence-electron chi connectivity index (χ2n) is 3.51. The van der Waals surface area contributed by atoms with Gasteiger partial charge in [-0.25, -0.2) is 0 Å². The summed E-state index contributed by atoms with van der Waals surface area (Å²) in [5.74, 6) is 0. The molecule has 0 N–H and O–H groups in total. The topological polar surface area (TPSA) is 28.2 Å². The molecule has 5 heteroatoms. The van der Waals surface area contributed by atoms with Gasteiger partial charge in [-0.15, -0.1) is 26.2 Å². The van der Waals surface area contributed by atoms with Gasteiger partial charge in [0, 0.05) is 0 Å². The molecule has 2 aliphatic rings. The van der Waals surface area contributed by atoms with Crippen molar-refractivity contribution in [3.05, 3.63) is 10.6 Å². The molecular formula is C10H20Cl2N2Pd-2. The van der Waals surface area contributed by atoms with Crippen LogP contribution in [0.3, 0.4) is 0 Å². The number of nitrogens with zero attached hydrogens (tertiary/aromatic N) is 2. The van der Waals surface area contributed by atoms with Crippen LogP contribution in [0.4, 0.5) is 0 Å². The van der Waals surface area contributed by atoms with Gasteiger partial charge in [0.2, 0.25) is 0 Å². The number of halogens is 2. The van der Waals surface area contributed by atoms with E-state index < -0.39 is 0 Å². The molecule has 0 amide bonds. The summed E-state index contributed by atoms with van der Waals surface area (Å²) in [7, 11) is 9.63. The van der Waals surface area contributed by atoms with Gasteiger partial charge in [-0.3, -0.25) is 0 Å². The van der Waals surface area contributed by atoms with Crippen LogP contribution in [0.2, 0.25) is 0 Å². The molecule has 0 unspecified atom stereocenters. The van der Waals surface area contributed by atoms with Crippen molar-refractivity contribution in [2.24, 2.45) is 0 Å². The van der Waals surface area contributed by atoms with E-state index in [9.17, 15) is 0 Å². The van der Waals surface area contributed by atoms with Gasteiger partial charge in [-0.1, -0.05) is 38.5 Å². The normalized spacial score (nSPS) is 20.7. The zero-order valence-corrected chi connectivity index (χ0v) is 12.1. The number of hydrogen-bond donors (Lipinski definition) is 0. The van der Waals surface area contributed by atoms with E-state index in [0.29, 0.717) is 0 Å². The Hall–Kier alpha value is 1.16. The minimum absolute atomic E-state index is 0.106. The Morgan fingerprint density at radius 2 is 0.867 bits per heavy atom. The van der Waals surface area contributed by atoms with Gasteiger partial charge < -0.3 is 10.6 Å². The van der Waals surface area contributed by atoms with E-state index in [-0.39, 0.29) is 15.9 Å². The summed E-state index contributed by atoms with van der Waals surface area (Å²) in [4.78, 5) is 0. The van der Waals surface area contributed by atoms with Crippen molar-refractivity contribution >= 4 is 19.1 Å². The summed E-state index contributed by atoms with van der Waals surface area (Å²) >= 11 is -0.106. The third-order valence-corrected chi connectivity index (χ3v) is 2.26. The minimum atomic E-state index is -0.106. The molecule has 96 valence electrons. The van der Waals surface area contributed by atoms with Gasteiger partial charge in [-0.05, 0) is 0 Å². The quantitative estimate of drug-likeness (QED) is 0.580. The van der Waals surface area contributed by atoms with Crippen molar-refractivity contribution in [1.82, 2.24) is 0 Å².